The number of hydrogen-bond acceptors (Lipinski definition) is 5. The van der Waals surface area contributed by atoms with E-state index in [4.69, 9.17) is 5.73 Å². The number of benzene rings is 1. The van der Waals surface area contributed by atoms with E-state index < -0.39 is 5.82 Å². The van der Waals surface area contributed by atoms with Crippen LogP contribution in [0.3, 0.4) is 0 Å². The Labute approximate surface area is 161 Å². The summed E-state index contributed by atoms with van der Waals surface area (Å²) in [6.45, 7) is 10.2. The Hall–Kier alpha value is -1.86. The van der Waals surface area contributed by atoms with Gasteiger partial charge in [0.2, 0.25) is 0 Å². The van der Waals surface area contributed by atoms with Crippen LogP contribution in [0.25, 0.3) is 11.1 Å². The topological polar surface area (TPSA) is 65.6 Å². The molecule has 3 rings (SSSR count). The number of halogens is 2. The van der Waals surface area contributed by atoms with Crippen LogP contribution in [-0.4, -0.2) is 46.7 Å². The molecule has 1 fully saturated rings. The molecule has 140 valence electrons. The van der Waals surface area contributed by atoms with Crippen molar-refractivity contribution >= 4 is 27.4 Å². The highest BCUT2D eigenvalue weighted by atomic mass is 79.9. The number of nitrogens with zero attached hydrogens (tertiary/aromatic N) is 3. The van der Waals surface area contributed by atoms with E-state index in [0.717, 1.165) is 31.9 Å². The van der Waals surface area contributed by atoms with Crippen LogP contribution in [0, 0.1) is 5.82 Å². The van der Waals surface area contributed by atoms with E-state index in [0.29, 0.717) is 21.4 Å². The number of rotatable bonds is 2. The fraction of sp³-hybridized carbons (Fsp3) is 0.421. The summed E-state index contributed by atoms with van der Waals surface area (Å²) < 4.78 is 14.1. The summed E-state index contributed by atoms with van der Waals surface area (Å²) in [5.41, 5.74) is 8.07. The highest BCUT2D eigenvalue weighted by Crippen LogP contribution is 2.38. The van der Waals surface area contributed by atoms with Crippen molar-refractivity contribution in [3.63, 3.8) is 0 Å². The largest absolute Gasteiger partial charge is 0.506 e. The minimum absolute atomic E-state index is 0.0125. The van der Waals surface area contributed by atoms with Gasteiger partial charge in [0.05, 0.1) is 10.2 Å². The van der Waals surface area contributed by atoms with Crippen molar-refractivity contribution in [1.29, 1.82) is 0 Å². The van der Waals surface area contributed by atoms with Crippen LogP contribution in [-0.2, 0) is 0 Å². The lowest BCUT2D eigenvalue weighted by atomic mass is 10.0. The number of aromatic nitrogens is 1. The maximum absolute atomic E-state index is 13.8. The van der Waals surface area contributed by atoms with Crippen LogP contribution < -0.4 is 10.6 Å². The first kappa shape index (κ1) is 18.9. The molecule has 0 spiro atoms. The number of anilines is 2. The van der Waals surface area contributed by atoms with E-state index in [2.05, 4.69) is 51.5 Å². The van der Waals surface area contributed by atoms with Crippen LogP contribution in [0.2, 0.25) is 0 Å². The Morgan fingerprint density at radius 2 is 1.81 bits per heavy atom. The second-order valence-electron chi connectivity index (χ2n) is 7.56. The van der Waals surface area contributed by atoms with Crippen LogP contribution in [0.5, 0.6) is 5.75 Å². The number of aromatic hydroxyl groups is 1. The molecule has 2 heterocycles. The Kier molecular flexibility index (Phi) is 5.12. The average molecular weight is 423 g/mol. The zero-order valence-electron chi connectivity index (χ0n) is 15.3. The predicted molar refractivity (Wildman–Crippen MR) is 107 cm³/mol. The summed E-state index contributed by atoms with van der Waals surface area (Å²) in [5, 5.41) is 10.3. The fourth-order valence-electron chi connectivity index (χ4n) is 3.27. The van der Waals surface area contributed by atoms with Gasteiger partial charge in [-0.1, -0.05) is 0 Å². The molecular formula is C19H24BrFN4O. The zero-order chi connectivity index (χ0) is 19.1. The molecule has 1 aliphatic heterocycles. The van der Waals surface area contributed by atoms with E-state index >= 15 is 0 Å². The average Bonchev–Trinajstić information content (AvgIpc) is 2.58. The molecule has 2 aromatic rings. The van der Waals surface area contributed by atoms with Crippen LogP contribution in [0.1, 0.15) is 20.8 Å². The smallest absolute Gasteiger partial charge is 0.147 e. The highest BCUT2D eigenvalue weighted by molar-refractivity contribution is 9.10. The summed E-state index contributed by atoms with van der Waals surface area (Å²) >= 11 is 3.18. The van der Waals surface area contributed by atoms with Crippen molar-refractivity contribution in [1.82, 2.24) is 9.88 Å². The third-order valence-electron chi connectivity index (χ3n) is 4.81. The molecule has 1 aromatic carbocycles. The monoisotopic (exact) mass is 422 g/mol. The number of pyridine rings is 1. The molecule has 0 radical (unpaired) electrons. The zero-order valence-corrected chi connectivity index (χ0v) is 16.8. The summed E-state index contributed by atoms with van der Waals surface area (Å²) in [6, 6.07) is 4.40. The molecule has 1 aromatic heterocycles. The van der Waals surface area contributed by atoms with Crippen LogP contribution in [0.4, 0.5) is 15.9 Å². The van der Waals surface area contributed by atoms with Gasteiger partial charge >= 0.3 is 0 Å². The molecule has 0 amide bonds. The lowest BCUT2D eigenvalue weighted by Crippen LogP contribution is -2.53. The summed E-state index contributed by atoms with van der Waals surface area (Å²) in [7, 11) is 0. The standard InChI is InChI=1S/C19H24BrFN4O/c1-19(2,3)25-6-4-24(5-7-25)16-8-12(11-23-18(16)22)14-9-13(21)10-15(20)17(14)26/h8-11,26H,4-7H2,1-3H3,(H2,22,23). The Morgan fingerprint density at radius 1 is 1.15 bits per heavy atom. The fourth-order valence-corrected chi connectivity index (χ4v) is 3.70. The van der Waals surface area contributed by atoms with E-state index in [1.54, 1.807) is 6.20 Å². The van der Waals surface area contributed by atoms with Gasteiger partial charge in [0.25, 0.3) is 0 Å². The minimum Gasteiger partial charge on any atom is -0.506 e. The van der Waals surface area contributed by atoms with Gasteiger partial charge in [-0.2, -0.15) is 0 Å². The minimum atomic E-state index is -0.429. The molecule has 0 bridgehead atoms. The molecule has 7 heteroatoms. The van der Waals surface area contributed by atoms with Gasteiger partial charge in [-0.3, -0.25) is 4.90 Å². The summed E-state index contributed by atoms with van der Waals surface area (Å²) in [6.07, 6.45) is 1.56. The van der Waals surface area contributed by atoms with Gasteiger partial charge < -0.3 is 15.7 Å². The Morgan fingerprint density at radius 3 is 2.42 bits per heavy atom. The first-order chi connectivity index (χ1) is 12.2. The van der Waals surface area contributed by atoms with E-state index in [1.807, 2.05) is 6.07 Å². The lowest BCUT2D eigenvalue weighted by molar-refractivity contribution is 0.128. The number of piperazine rings is 1. The van der Waals surface area contributed by atoms with Gasteiger partial charge in [0.1, 0.15) is 17.4 Å². The van der Waals surface area contributed by atoms with Gasteiger partial charge in [-0.25, -0.2) is 9.37 Å². The van der Waals surface area contributed by atoms with Gasteiger partial charge in [-0.05, 0) is 54.9 Å². The molecular weight excluding hydrogens is 399 g/mol. The summed E-state index contributed by atoms with van der Waals surface area (Å²) in [4.78, 5) is 8.90. The van der Waals surface area contributed by atoms with Crippen molar-refractivity contribution in [3.05, 3.63) is 34.7 Å². The van der Waals surface area contributed by atoms with Crippen molar-refractivity contribution in [2.75, 3.05) is 36.8 Å². The van der Waals surface area contributed by atoms with E-state index in [-0.39, 0.29) is 11.3 Å². The SMILES string of the molecule is CC(C)(C)N1CCN(c2cc(-c3cc(F)cc(Br)c3O)cnc2N)CC1. The van der Waals surface area contributed by atoms with Crippen LogP contribution in [0.15, 0.2) is 28.9 Å². The third-order valence-corrected chi connectivity index (χ3v) is 5.41. The molecule has 26 heavy (non-hydrogen) atoms. The number of nitrogens with two attached hydrogens (primary N) is 1. The quantitative estimate of drug-likeness (QED) is 0.768. The molecule has 3 N–H and O–H groups in total. The van der Waals surface area contributed by atoms with E-state index in [9.17, 15) is 9.50 Å². The van der Waals surface area contributed by atoms with Crippen LogP contribution >= 0.6 is 15.9 Å². The molecule has 0 saturated carbocycles. The molecule has 1 saturated heterocycles. The number of phenols is 1. The highest BCUT2D eigenvalue weighted by Gasteiger charge is 2.27. The number of hydrogen-bond donors (Lipinski definition) is 2. The molecule has 0 unspecified atom stereocenters. The van der Waals surface area contributed by atoms with Crippen molar-refractivity contribution in [2.45, 2.75) is 26.3 Å². The predicted octanol–water partition coefficient (Wildman–Crippen LogP) is 3.86. The van der Waals surface area contributed by atoms with Gasteiger partial charge in [0, 0.05) is 49.0 Å². The van der Waals surface area contributed by atoms with Crippen molar-refractivity contribution in [2.24, 2.45) is 0 Å². The Balaban J connectivity index is 1.90. The molecule has 0 aliphatic carbocycles. The van der Waals surface area contributed by atoms with Gasteiger partial charge in [0.15, 0.2) is 0 Å². The molecule has 1 aliphatic rings. The van der Waals surface area contributed by atoms with E-state index in [1.165, 1.54) is 12.1 Å². The molecule has 0 atom stereocenters. The number of nitrogen functional groups attached to an aromatic ring is 1. The van der Waals surface area contributed by atoms with Gasteiger partial charge in [-0.15, -0.1) is 0 Å². The normalized spacial score (nSPS) is 16.1. The second kappa shape index (κ2) is 7.04. The first-order valence-electron chi connectivity index (χ1n) is 8.60. The maximum Gasteiger partial charge on any atom is 0.147 e. The molecule has 5 nitrogen and oxygen atoms in total. The number of phenolic OH excluding ortho intramolecular Hbond substituents is 1. The first-order valence-corrected chi connectivity index (χ1v) is 9.40. The van der Waals surface area contributed by atoms with Crippen molar-refractivity contribution < 1.29 is 9.50 Å². The van der Waals surface area contributed by atoms with Crippen molar-refractivity contribution in [3.8, 4) is 16.9 Å². The second-order valence-corrected chi connectivity index (χ2v) is 8.41. The Bertz CT molecular complexity index is 814. The lowest BCUT2D eigenvalue weighted by Gasteiger charge is -2.43. The maximum atomic E-state index is 13.8. The summed E-state index contributed by atoms with van der Waals surface area (Å²) in [5.74, 6) is -0.00349. The third kappa shape index (κ3) is 3.78.